The van der Waals surface area contributed by atoms with E-state index < -0.39 is 16.1 Å². The molecule has 0 unspecified atom stereocenters. The molecule has 25 heavy (non-hydrogen) atoms. The molecule has 0 saturated heterocycles. The van der Waals surface area contributed by atoms with Crippen LogP contribution in [-0.4, -0.2) is 21.9 Å². The molecule has 1 aromatic carbocycles. The summed E-state index contributed by atoms with van der Waals surface area (Å²) in [6.07, 6.45) is 5.25. The van der Waals surface area contributed by atoms with E-state index in [9.17, 15) is 0 Å². The van der Waals surface area contributed by atoms with E-state index in [2.05, 4.69) is 70.5 Å². The normalized spacial score (nSPS) is 18.8. The predicted octanol–water partition coefficient (Wildman–Crippen LogP) is 7.00. The Bertz CT molecular complexity index is 724. The molecule has 3 rings (SSSR count). The highest BCUT2D eigenvalue weighted by Gasteiger charge is 2.41. The van der Waals surface area contributed by atoms with E-state index in [0.717, 1.165) is 5.69 Å². The Hall–Kier alpha value is -1.20. The van der Waals surface area contributed by atoms with Gasteiger partial charge in [0.05, 0.1) is 27.5 Å². The number of hydrogen-bond acceptors (Lipinski definition) is 1. The first-order chi connectivity index (χ1) is 11.6. The van der Waals surface area contributed by atoms with Gasteiger partial charge in [-0.25, -0.2) is 4.99 Å². The molecule has 0 aliphatic heterocycles. The number of aliphatic imine (C=N–C) groups is 1. The van der Waals surface area contributed by atoms with Crippen LogP contribution in [-0.2, 0) is 0 Å². The second kappa shape index (κ2) is 6.51. The molecule has 1 saturated carbocycles. The minimum absolute atomic E-state index is 1.12. The highest BCUT2D eigenvalue weighted by atomic mass is 28.3. The second-order valence-corrected chi connectivity index (χ2v) is 19.7. The third-order valence-corrected chi connectivity index (χ3v) is 9.40. The van der Waals surface area contributed by atoms with Gasteiger partial charge in [-0.1, -0.05) is 57.0 Å². The van der Waals surface area contributed by atoms with Crippen molar-refractivity contribution in [1.82, 2.24) is 0 Å². The van der Waals surface area contributed by atoms with Crippen molar-refractivity contribution in [2.24, 2.45) is 4.99 Å². The number of rotatable bonds is 3. The van der Waals surface area contributed by atoms with Crippen molar-refractivity contribution in [3.63, 3.8) is 0 Å². The summed E-state index contributed by atoms with van der Waals surface area (Å²) in [5.74, 6) is 0. The smallest absolute Gasteiger partial charge is 0.0807 e. The van der Waals surface area contributed by atoms with Crippen molar-refractivity contribution < 1.29 is 0 Å². The number of fused-ring (bicyclic) bond motifs is 1. The van der Waals surface area contributed by atoms with E-state index in [1.54, 1.807) is 21.5 Å². The molecule has 3 heteroatoms. The lowest BCUT2D eigenvalue weighted by atomic mass is 9.92. The van der Waals surface area contributed by atoms with E-state index in [-0.39, 0.29) is 0 Å². The molecule has 0 amide bonds. The van der Waals surface area contributed by atoms with Gasteiger partial charge in [0.2, 0.25) is 0 Å². The fourth-order valence-electron chi connectivity index (χ4n) is 4.34. The van der Waals surface area contributed by atoms with Crippen molar-refractivity contribution in [3.8, 4) is 0 Å². The summed E-state index contributed by atoms with van der Waals surface area (Å²) in [6, 6.07) is 8.74. The number of benzene rings is 1. The van der Waals surface area contributed by atoms with E-state index >= 15 is 0 Å². The maximum absolute atomic E-state index is 5.29. The second-order valence-electron chi connectivity index (χ2n) is 9.71. The third kappa shape index (κ3) is 3.68. The van der Waals surface area contributed by atoms with E-state index in [1.165, 1.54) is 37.0 Å². The first-order valence-corrected chi connectivity index (χ1v) is 16.7. The van der Waals surface area contributed by atoms with Crippen LogP contribution >= 0.6 is 0 Å². The largest absolute Gasteiger partial charge is 0.249 e. The SMILES string of the molecule is Cc1ccc(N=C2C([Si](C)(C)C)=C3CCCCC3=C2[Si](C)(C)C)cc1. The van der Waals surface area contributed by atoms with Gasteiger partial charge in [-0.15, -0.1) is 0 Å². The Kier molecular flexibility index (Phi) is 4.84. The van der Waals surface area contributed by atoms with Crippen LogP contribution in [0.5, 0.6) is 0 Å². The van der Waals surface area contributed by atoms with Crippen molar-refractivity contribution in [2.45, 2.75) is 71.9 Å². The summed E-state index contributed by atoms with van der Waals surface area (Å²) in [7, 11) is -2.90. The van der Waals surface area contributed by atoms with Crippen LogP contribution in [0.3, 0.4) is 0 Å². The Labute approximate surface area is 156 Å². The standard InChI is InChI=1S/C22H33NSi2/c1-16-12-14-17(15-13-16)23-20-21(24(2,3)4)18-10-8-9-11-19(18)22(20)25(5,6)7/h12-15H,8-11H2,1-7H3. The molecule has 0 aromatic heterocycles. The number of nitrogens with zero attached hydrogens (tertiary/aromatic N) is 1. The lowest BCUT2D eigenvalue weighted by molar-refractivity contribution is 0.680. The Morgan fingerprint density at radius 1 is 0.720 bits per heavy atom. The van der Waals surface area contributed by atoms with Gasteiger partial charge in [-0.2, -0.15) is 0 Å². The van der Waals surface area contributed by atoms with Crippen LogP contribution in [0.4, 0.5) is 5.69 Å². The highest BCUT2D eigenvalue weighted by Crippen LogP contribution is 2.46. The van der Waals surface area contributed by atoms with Gasteiger partial charge >= 0.3 is 0 Å². The molecule has 0 radical (unpaired) electrons. The van der Waals surface area contributed by atoms with Crippen molar-refractivity contribution in [2.75, 3.05) is 0 Å². The zero-order chi connectivity index (χ0) is 18.4. The average Bonchev–Trinajstić information content (AvgIpc) is 2.83. The lowest BCUT2D eigenvalue weighted by Crippen LogP contribution is -2.35. The fourth-order valence-corrected chi connectivity index (χ4v) is 8.61. The molecule has 1 fully saturated rings. The van der Waals surface area contributed by atoms with Crippen LogP contribution < -0.4 is 0 Å². The first-order valence-electron chi connectivity index (χ1n) is 9.73. The van der Waals surface area contributed by atoms with E-state index in [0.29, 0.717) is 0 Å². The average molecular weight is 368 g/mol. The zero-order valence-corrected chi connectivity index (χ0v) is 19.1. The van der Waals surface area contributed by atoms with Crippen LogP contribution in [0, 0.1) is 6.92 Å². The molecular formula is C22H33NSi2. The van der Waals surface area contributed by atoms with E-state index in [4.69, 9.17) is 4.99 Å². The molecule has 134 valence electrons. The van der Waals surface area contributed by atoms with Gasteiger partial charge in [0.1, 0.15) is 0 Å². The summed E-state index contributed by atoms with van der Waals surface area (Å²) < 4.78 is 0. The quantitative estimate of drug-likeness (QED) is 0.510. The summed E-state index contributed by atoms with van der Waals surface area (Å²) in [5, 5.41) is 3.33. The monoisotopic (exact) mass is 367 g/mol. The molecule has 1 nitrogen and oxygen atoms in total. The van der Waals surface area contributed by atoms with Crippen LogP contribution in [0.1, 0.15) is 31.2 Å². The van der Waals surface area contributed by atoms with Gasteiger partial charge in [0, 0.05) is 0 Å². The molecule has 0 bridgehead atoms. The molecule has 0 spiro atoms. The molecule has 0 heterocycles. The van der Waals surface area contributed by atoms with Gasteiger partial charge in [-0.3, -0.25) is 0 Å². The van der Waals surface area contributed by atoms with Crippen molar-refractivity contribution >= 4 is 27.5 Å². The third-order valence-electron chi connectivity index (χ3n) is 5.32. The summed E-state index contributed by atoms with van der Waals surface area (Å²) in [5.41, 5.74) is 7.21. The summed E-state index contributed by atoms with van der Waals surface area (Å²) in [6.45, 7) is 17.1. The minimum Gasteiger partial charge on any atom is -0.249 e. The Balaban J connectivity index is 2.25. The molecular weight excluding hydrogens is 334 g/mol. The first kappa shape index (κ1) is 18.6. The molecule has 0 atom stereocenters. The molecule has 2 aliphatic rings. The predicted molar refractivity (Wildman–Crippen MR) is 117 cm³/mol. The summed E-state index contributed by atoms with van der Waals surface area (Å²) in [4.78, 5) is 5.29. The zero-order valence-electron chi connectivity index (χ0n) is 17.1. The van der Waals surface area contributed by atoms with Crippen LogP contribution in [0.25, 0.3) is 0 Å². The van der Waals surface area contributed by atoms with Gasteiger partial charge < -0.3 is 0 Å². The van der Waals surface area contributed by atoms with Gasteiger partial charge in [0.15, 0.2) is 0 Å². The maximum atomic E-state index is 5.29. The number of allylic oxidation sites excluding steroid dienone is 4. The van der Waals surface area contributed by atoms with Crippen LogP contribution in [0.2, 0.25) is 39.3 Å². The number of aryl methyl sites for hydroxylation is 1. The minimum atomic E-state index is -1.45. The van der Waals surface area contributed by atoms with Gasteiger partial charge in [0.25, 0.3) is 0 Å². The van der Waals surface area contributed by atoms with Crippen LogP contribution in [0.15, 0.2) is 50.8 Å². The van der Waals surface area contributed by atoms with E-state index in [1.807, 2.05) is 0 Å². The fraction of sp³-hybridized carbons (Fsp3) is 0.500. The molecule has 1 aromatic rings. The molecule has 0 N–H and O–H groups in total. The van der Waals surface area contributed by atoms with Gasteiger partial charge in [-0.05, 0) is 66.3 Å². The highest BCUT2D eigenvalue weighted by molar-refractivity contribution is 6.95. The molecule has 2 aliphatic carbocycles. The number of hydrogen-bond donors (Lipinski definition) is 0. The lowest BCUT2D eigenvalue weighted by Gasteiger charge is -2.26. The Morgan fingerprint density at radius 3 is 1.56 bits per heavy atom. The topological polar surface area (TPSA) is 12.4 Å². The summed E-state index contributed by atoms with van der Waals surface area (Å²) >= 11 is 0. The maximum Gasteiger partial charge on any atom is 0.0807 e. The Morgan fingerprint density at radius 2 is 1.16 bits per heavy atom. The van der Waals surface area contributed by atoms with Crippen molar-refractivity contribution in [3.05, 3.63) is 51.4 Å². The van der Waals surface area contributed by atoms with Crippen molar-refractivity contribution in [1.29, 1.82) is 0 Å².